The molecule has 0 aromatic heterocycles. The summed E-state index contributed by atoms with van der Waals surface area (Å²) in [6.45, 7) is 0. The SMILES string of the molecule is C1=CC2CC1C1CCSC21. The Balaban J connectivity index is 1.99. The molecule has 54 valence electrons. The van der Waals surface area contributed by atoms with Crippen LogP contribution in [0.1, 0.15) is 12.8 Å². The minimum Gasteiger partial charge on any atom is -0.158 e. The van der Waals surface area contributed by atoms with Crippen molar-refractivity contribution in [1.29, 1.82) is 0 Å². The van der Waals surface area contributed by atoms with Crippen LogP contribution in [0.25, 0.3) is 0 Å². The van der Waals surface area contributed by atoms with Crippen molar-refractivity contribution < 1.29 is 0 Å². The maximum Gasteiger partial charge on any atom is 0.0144 e. The molecule has 2 aliphatic carbocycles. The highest BCUT2D eigenvalue weighted by Gasteiger charge is 2.46. The first-order valence-corrected chi connectivity index (χ1v) is 5.30. The van der Waals surface area contributed by atoms with Crippen LogP contribution in [0.4, 0.5) is 0 Å². The van der Waals surface area contributed by atoms with E-state index in [1.807, 2.05) is 0 Å². The first-order chi connectivity index (χ1) is 4.95. The second-order valence-corrected chi connectivity index (χ2v) is 5.02. The van der Waals surface area contributed by atoms with E-state index in [4.69, 9.17) is 0 Å². The largest absolute Gasteiger partial charge is 0.158 e. The number of thioether (sulfide) groups is 1. The van der Waals surface area contributed by atoms with Gasteiger partial charge in [-0.15, -0.1) is 0 Å². The second kappa shape index (κ2) is 1.82. The molecule has 1 heterocycles. The molecule has 0 N–H and O–H groups in total. The summed E-state index contributed by atoms with van der Waals surface area (Å²) >= 11 is 2.22. The fourth-order valence-electron chi connectivity index (χ4n) is 2.84. The Bertz CT molecular complexity index is 167. The van der Waals surface area contributed by atoms with Crippen molar-refractivity contribution in [2.24, 2.45) is 17.8 Å². The van der Waals surface area contributed by atoms with E-state index in [0.29, 0.717) is 0 Å². The summed E-state index contributed by atoms with van der Waals surface area (Å²) in [5.41, 5.74) is 0. The summed E-state index contributed by atoms with van der Waals surface area (Å²) in [7, 11) is 0. The Morgan fingerprint density at radius 2 is 2.10 bits per heavy atom. The van der Waals surface area contributed by atoms with Gasteiger partial charge in [-0.1, -0.05) is 12.2 Å². The second-order valence-electron chi connectivity index (χ2n) is 3.74. The Labute approximate surface area is 66.1 Å². The molecule has 0 aromatic carbocycles. The summed E-state index contributed by atoms with van der Waals surface area (Å²) in [4.78, 5) is 0. The summed E-state index contributed by atoms with van der Waals surface area (Å²) in [5.74, 6) is 4.48. The fourth-order valence-corrected chi connectivity index (χ4v) is 4.56. The maximum absolute atomic E-state index is 2.47. The number of hydrogen-bond donors (Lipinski definition) is 0. The lowest BCUT2D eigenvalue weighted by atomic mass is 9.91. The molecule has 3 rings (SSSR count). The van der Waals surface area contributed by atoms with Crippen LogP contribution < -0.4 is 0 Å². The number of hydrogen-bond acceptors (Lipinski definition) is 1. The van der Waals surface area contributed by atoms with Gasteiger partial charge in [0.1, 0.15) is 0 Å². The Kier molecular flexibility index (Phi) is 1.04. The van der Waals surface area contributed by atoms with Gasteiger partial charge in [0.25, 0.3) is 0 Å². The van der Waals surface area contributed by atoms with Gasteiger partial charge in [0.2, 0.25) is 0 Å². The molecule has 4 atom stereocenters. The molecule has 1 saturated heterocycles. The third-order valence-electron chi connectivity index (χ3n) is 3.31. The van der Waals surface area contributed by atoms with Crippen molar-refractivity contribution in [2.75, 3.05) is 5.75 Å². The highest BCUT2D eigenvalue weighted by atomic mass is 32.2. The van der Waals surface area contributed by atoms with Crippen LogP contribution in [0.15, 0.2) is 12.2 Å². The summed E-state index contributed by atoms with van der Waals surface area (Å²) in [6, 6.07) is 0. The van der Waals surface area contributed by atoms with Crippen molar-refractivity contribution in [2.45, 2.75) is 18.1 Å². The van der Waals surface area contributed by atoms with E-state index in [1.54, 1.807) is 0 Å². The van der Waals surface area contributed by atoms with E-state index >= 15 is 0 Å². The zero-order valence-electron chi connectivity index (χ0n) is 5.99. The van der Waals surface area contributed by atoms with Gasteiger partial charge in [-0.05, 0) is 36.3 Å². The van der Waals surface area contributed by atoms with E-state index in [9.17, 15) is 0 Å². The molecule has 0 aromatic rings. The molecule has 0 amide bonds. The smallest absolute Gasteiger partial charge is 0.0144 e. The third-order valence-corrected chi connectivity index (χ3v) is 4.86. The Morgan fingerprint density at radius 1 is 1.20 bits per heavy atom. The van der Waals surface area contributed by atoms with Crippen molar-refractivity contribution in [3.8, 4) is 0 Å². The van der Waals surface area contributed by atoms with Gasteiger partial charge in [-0.2, -0.15) is 11.8 Å². The molecule has 3 aliphatic rings. The topological polar surface area (TPSA) is 0 Å². The quantitative estimate of drug-likeness (QED) is 0.480. The molecule has 0 radical (unpaired) electrons. The zero-order valence-corrected chi connectivity index (χ0v) is 6.81. The van der Waals surface area contributed by atoms with E-state index < -0.39 is 0 Å². The summed E-state index contributed by atoms with van der Waals surface area (Å²) in [6.07, 6.45) is 7.92. The predicted octanol–water partition coefficient (Wildman–Crippen LogP) is 2.31. The summed E-state index contributed by atoms with van der Waals surface area (Å²) in [5, 5.41) is 1.04. The molecular weight excluding hydrogens is 140 g/mol. The molecule has 1 aliphatic heterocycles. The molecule has 2 bridgehead atoms. The van der Waals surface area contributed by atoms with Crippen LogP contribution in [-0.4, -0.2) is 11.0 Å². The predicted molar refractivity (Wildman–Crippen MR) is 45.1 cm³/mol. The van der Waals surface area contributed by atoms with E-state index in [-0.39, 0.29) is 0 Å². The zero-order chi connectivity index (χ0) is 6.55. The van der Waals surface area contributed by atoms with E-state index in [2.05, 4.69) is 23.9 Å². The van der Waals surface area contributed by atoms with Crippen LogP contribution in [0.5, 0.6) is 0 Å². The minimum atomic E-state index is 0.975. The minimum absolute atomic E-state index is 0.975. The van der Waals surface area contributed by atoms with Crippen molar-refractivity contribution in [3.05, 3.63) is 12.2 Å². The normalized spacial score (nSPS) is 56.0. The van der Waals surface area contributed by atoms with Crippen molar-refractivity contribution >= 4 is 11.8 Å². The van der Waals surface area contributed by atoms with Gasteiger partial charge < -0.3 is 0 Å². The standard InChI is InChI=1S/C9H12S/c1-2-7-5-6(1)8-3-4-10-9(7)8/h1-2,6-9H,3-5H2. The Hall–Kier alpha value is 0.0900. The fraction of sp³-hybridized carbons (Fsp3) is 0.778. The molecular formula is C9H12S. The van der Waals surface area contributed by atoms with E-state index in [1.165, 1.54) is 18.6 Å². The van der Waals surface area contributed by atoms with Gasteiger partial charge in [-0.3, -0.25) is 0 Å². The van der Waals surface area contributed by atoms with Gasteiger partial charge in [0.05, 0.1) is 0 Å². The first kappa shape index (κ1) is 5.70. The van der Waals surface area contributed by atoms with Crippen LogP contribution >= 0.6 is 11.8 Å². The molecule has 4 unspecified atom stereocenters. The average Bonchev–Trinajstić information content (AvgIpc) is 2.60. The van der Waals surface area contributed by atoms with Crippen molar-refractivity contribution in [1.82, 2.24) is 0 Å². The lowest BCUT2D eigenvalue weighted by Gasteiger charge is -2.18. The van der Waals surface area contributed by atoms with Crippen LogP contribution in [-0.2, 0) is 0 Å². The van der Waals surface area contributed by atoms with Crippen LogP contribution in [0.3, 0.4) is 0 Å². The highest BCUT2D eigenvalue weighted by Crippen LogP contribution is 2.54. The van der Waals surface area contributed by atoms with Gasteiger partial charge in [0.15, 0.2) is 0 Å². The van der Waals surface area contributed by atoms with Crippen molar-refractivity contribution in [3.63, 3.8) is 0 Å². The number of allylic oxidation sites excluding steroid dienone is 2. The average molecular weight is 152 g/mol. The van der Waals surface area contributed by atoms with Gasteiger partial charge in [-0.25, -0.2) is 0 Å². The molecule has 0 nitrogen and oxygen atoms in total. The monoisotopic (exact) mass is 152 g/mol. The Morgan fingerprint density at radius 3 is 3.00 bits per heavy atom. The van der Waals surface area contributed by atoms with Crippen LogP contribution in [0, 0.1) is 17.8 Å². The van der Waals surface area contributed by atoms with Gasteiger partial charge in [0, 0.05) is 5.25 Å². The lowest BCUT2D eigenvalue weighted by Crippen LogP contribution is -2.15. The number of fused-ring (bicyclic) bond motifs is 5. The third kappa shape index (κ3) is 0.554. The van der Waals surface area contributed by atoms with Gasteiger partial charge >= 0.3 is 0 Å². The van der Waals surface area contributed by atoms with E-state index in [0.717, 1.165) is 23.0 Å². The summed E-state index contributed by atoms with van der Waals surface area (Å²) < 4.78 is 0. The number of rotatable bonds is 0. The molecule has 1 heteroatoms. The molecule has 2 fully saturated rings. The van der Waals surface area contributed by atoms with Crippen LogP contribution in [0.2, 0.25) is 0 Å². The molecule has 10 heavy (non-hydrogen) atoms. The molecule has 0 spiro atoms. The first-order valence-electron chi connectivity index (χ1n) is 4.25. The lowest BCUT2D eigenvalue weighted by molar-refractivity contribution is 0.465. The maximum atomic E-state index is 2.47. The highest BCUT2D eigenvalue weighted by molar-refractivity contribution is 8.00. The molecule has 1 saturated carbocycles.